The molecule has 2 aliphatic rings. The number of likely N-dealkylation sites (tertiary alicyclic amines) is 2. The Morgan fingerprint density at radius 1 is 1.16 bits per heavy atom. The topological polar surface area (TPSA) is 44.8 Å². The van der Waals surface area contributed by atoms with Crippen molar-refractivity contribution in [1.29, 1.82) is 0 Å². The van der Waals surface area contributed by atoms with E-state index in [0.29, 0.717) is 12.6 Å². The molecule has 2 saturated heterocycles. The van der Waals surface area contributed by atoms with E-state index in [4.69, 9.17) is 4.74 Å². The van der Waals surface area contributed by atoms with Gasteiger partial charge in [-0.3, -0.25) is 0 Å². The minimum Gasteiger partial charge on any atom is -0.373 e. The Balaban J connectivity index is 1.30. The molecule has 1 aromatic carbocycles. The first kappa shape index (κ1) is 18.2. The Labute approximate surface area is 151 Å². The molecule has 0 radical (unpaired) electrons. The summed E-state index contributed by atoms with van der Waals surface area (Å²) in [6.45, 7) is 4.20. The fraction of sp³-hybridized carbons (Fsp3) is 0.650. The number of benzene rings is 1. The van der Waals surface area contributed by atoms with Gasteiger partial charge in [0.25, 0.3) is 0 Å². The van der Waals surface area contributed by atoms with Crippen molar-refractivity contribution in [3.63, 3.8) is 0 Å². The van der Waals surface area contributed by atoms with Gasteiger partial charge in [-0.2, -0.15) is 0 Å². The van der Waals surface area contributed by atoms with Crippen molar-refractivity contribution in [2.75, 3.05) is 33.2 Å². The van der Waals surface area contributed by atoms with Gasteiger partial charge in [0, 0.05) is 25.7 Å². The number of nitrogens with one attached hydrogen (secondary N) is 1. The van der Waals surface area contributed by atoms with Crippen molar-refractivity contribution in [1.82, 2.24) is 15.1 Å². The number of urea groups is 1. The maximum atomic E-state index is 12.3. The van der Waals surface area contributed by atoms with Gasteiger partial charge in [0.1, 0.15) is 0 Å². The van der Waals surface area contributed by atoms with Crippen LogP contribution in [0.1, 0.15) is 37.7 Å². The molecule has 3 rings (SSSR count). The third-order valence-electron chi connectivity index (χ3n) is 5.48. The second-order valence-electron chi connectivity index (χ2n) is 7.28. The van der Waals surface area contributed by atoms with Crippen molar-refractivity contribution < 1.29 is 9.53 Å². The molecule has 0 bridgehead atoms. The summed E-state index contributed by atoms with van der Waals surface area (Å²) in [6.07, 6.45) is 5.70. The Kier molecular flexibility index (Phi) is 6.70. The number of hydrogen-bond donors (Lipinski definition) is 1. The molecule has 0 unspecified atom stereocenters. The minimum atomic E-state index is 0.0853. The number of hydrogen-bond acceptors (Lipinski definition) is 3. The van der Waals surface area contributed by atoms with Crippen LogP contribution < -0.4 is 5.32 Å². The zero-order valence-corrected chi connectivity index (χ0v) is 15.3. The second-order valence-corrected chi connectivity index (χ2v) is 7.28. The largest absolute Gasteiger partial charge is 0.373 e. The Morgan fingerprint density at radius 2 is 1.92 bits per heavy atom. The number of rotatable bonds is 6. The van der Waals surface area contributed by atoms with Gasteiger partial charge in [0.2, 0.25) is 0 Å². The van der Waals surface area contributed by atoms with E-state index in [2.05, 4.69) is 29.4 Å². The molecular formula is C20H31N3O2. The van der Waals surface area contributed by atoms with Gasteiger partial charge in [0.05, 0.1) is 12.7 Å². The van der Waals surface area contributed by atoms with Gasteiger partial charge in [-0.05, 0) is 51.3 Å². The van der Waals surface area contributed by atoms with Gasteiger partial charge in [-0.1, -0.05) is 30.3 Å². The summed E-state index contributed by atoms with van der Waals surface area (Å²) in [5.74, 6) is 0. The summed E-state index contributed by atoms with van der Waals surface area (Å²) >= 11 is 0. The molecular weight excluding hydrogens is 314 g/mol. The van der Waals surface area contributed by atoms with Crippen LogP contribution in [0.4, 0.5) is 4.79 Å². The van der Waals surface area contributed by atoms with E-state index < -0.39 is 0 Å². The number of amides is 2. The molecule has 2 fully saturated rings. The highest BCUT2D eigenvalue weighted by Crippen LogP contribution is 2.18. The monoisotopic (exact) mass is 345 g/mol. The summed E-state index contributed by atoms with van der Waals surface area (Å²) in [4.78, 5) is 16.6. The zero-order chi connectivity index (χ0) is 17.5. The van der Waals surface area contributed by atoms with Crippen molar-refractivity contribution >= 4 is 6.03 Å². The van der Waals surface area contributed by atoms with Crippen LogP contribution in [0, 0.1) is 0 Å². The van der Waals surface area contributed by atoms with Crippen LogP contribution in [-0.4, -0.2) is 61.2 Å². The van der Waals surface area contributed by atoms with Gasteiger partial charge in [0.15, 0.2) is 0 Å². The summed E-state index contributed by atoms with van der Waals surface area (Å²) < 4.78 is 5.99. The fourth-order valence-corrected chi connectivity index (χ4v) is 3.82. The smallest absolute Gasteiger partial charge is 0.317 e. The molecule has 1 N–H and O–H groups in total. The maximum absolute atomic E-state index is 12.3. The number of carbonyl (C=O) groups is 1. The number of nitrogens with zero attached hydrogens (tertiary/aromatic N) is 2. The molecule has 0 aliphatic carbocycles. The standard InChI is InChI=1S/C20H31N3O2/c1-22-13-5-8-18(22)9-12-21-20(24)23-14-10-19(11-15-23)25-16-17-6-3-2-4-7-17/h2-4,6-7,18-19H,5,8-16H2,1H3,(H,21,24)/t18-/m1/s1. The third kappa shape index (κ3) is 5.44. The van der Waals surface area contributed by atoms with Gasteiger partial charge in [-0.15, -0.1) is 0 Å². The summed E-state index contributed by atoms with van der Waals surface area (Å²) in [7, 11) is 2.18. The van der Waals surface area contributed by atoms with Crippen LogP contribution in [0.5, 0.6) is 0 Å². The highest BCUT2D eigenvalue weighted by molar-refractivity contribution is 5.74. The highest BCUT2D eigenvalue weighted by atomic mass is 16.5. The Morgan fingerprint density at radius 3 is 2.60 bits per heavy atom. The summed E-state index contributed by atoms with van der Waals surface area (Å²) in [5.41, 5.74) is 1.21. The Hall–Kier alpha value is -1.59. The predicted octanol–water partition coefficient (Wildman–Crippen LogP) is 2.86. The lowest BCUT2D eigenvalue weighted by atomic mass is 10.1. The van der Waals surface area contributed by atoms with Crippen LogP contribution in [0.15, 0.2) is 30.3 Å². The van der Waals surface area contributed by atoms with Crippen LogP contribution >= 0.6 is 0 Å². The van der Waals surface area contributed by atoms with E-state index in [9.17, 15) is 4.79 Å². The first-order valence-electron chi connectivity index (χ1n) is 9.61. The molecule has 138 valence electrons. The van der Waals surface area contributed by atoms with Crippen LogP contribution in [0.25, 0.3) is 0 Å². The van der Waals surface area contributed by atoms with Gasteiger partial charge < -0.3 is 19.9 Å². The van der Waals surface area contributed by atoms with E-state index in [-0.39, 0.29) is 12.1 Å². The summed E-state index contributed by atoms with van der Waals surface area (Å²) in [6, 6.07) is 11.0. The molecule has 1 atom stereocenters. The quantitative estimate of drug-likeness (QED) is 0.862. The van der Waals surface area contributed by atoms with Crippen LogP contribution in [0.2, 0.25) is 0 Å². The summed E-state index contributed by atoms with van der Waals surface area (Å²) in [5, 5.41) is 3.09. The van der Waals surface area contributed by atoms with E-state index >= 15 is 0 Å². The first-order chi connectivity index (χ1) is 12.2. The van der Waals surface area contributed by atoms with Crippen molar-refractivity contribution in [2.45, 2.75) is 50.9 Å². The van der Waals surface area contributed by atoms with Gasteiger partial charge >= 0.3 is 6.03 Å². The molecule has 1 aromatic rings. The SMILES string of the molecule is CN1CCC[C@@H]1CCNC(=O)N1CCC(OCc2ccccc2)CC1. The van der Waals surface area contributed by atoms with Crippen molar-refractivity contribution in [2.24, 2.45) is 0 Å². The molecule has 2 heterocycles. The average Bonchev–Trinajstić information content (AvgIpc) is 3.06. The van der Waals surface area contributed by atoms with E-state index in [1.165, 1.54) is 24.9 Å². The number of carbonyl (C=O) groups excluding carboxylic acids is 1. The number of piperidine rings is 1. The maximum Gasteiger partial charge on any atom is 0.317 e. The molecule has 0 aromatic heterocycles. The highest BCUT2D eigenvalue weighted by Gasteiger charge is 2.24. The first-order valence-corrected chi connectivity index (χ1v) is 9.61. The van der Waals surface area contributed by atoms with Crippen LogP contribution in [0.3, 0.4) is 0 Å². The van der Waals surface area contributed by atoms with Crippen molar-refractivity contribution in [3.8, 4) is 0 Å². The van der Waals surface area contributed by atoms with E-state index in [0.717, 1.165) is 38.9 Å². The lowest BCUT2D eigenvalue weighted by molar-refractivity contribution is 0.00446. The minimum absolute atomic E-state index is 0.0853. The van der Waals surface area contributed by atoms with E-state index in [1.54, 1.807) is 0 Å². The molecule has 25 heavy (non-hydrogen) atoms. The van der Waals surface area contributed by atoms with Crippen LogP contribution in [-0.2, 0) is 11.3 Å². The lowest BCUT2D eigenvalue weighted by Gasteiger charge is -2.32. The van der Waals surface area contributed by atoms with E-state index in [1.807, 2.05) is 23.1 Å². The molecule has 2 aliphatic heterocycles. The van der Waals surface area contributed by atoms with Crippen molar-refractivity contribution in [3.05, 3.63) is 35.9 Å². The molecule has 0 spiro atoms. The molecule has 5 nitrogen and oxygen atoms in total. The fourth-order valence-electron chi connectivity index (χ4n) is 3.82. The predicted molar refractivity (Wildman–Crippen MR) is 99.5 cm³/mol. The number of ether oxygens (including phenoxy) is 1. The third-order valence-corrected chi connectivity index (χ3v) is 5.48. The molecule has 0 saturated carbocycles. The lowest BCUT2D eigenvalue weighted by Crippen LogP contribution is -2.46. The zero-order valence-electron chi connectivity index (χ0n) is 15.3. The second kappa shape index (κ2) is 9.20. The normalized spacial score (nSPS) is 22.3. The Bertz CT molecular complexity index is 529. The molecule has 5 heteroatoms. The molecule has 2 amide bonds. The van der Waals surface area contributed by atoms with Gasteiger partial charge in [-0.25, -0.2) is 4.79 Å². The average molecular weight is 345 g/mol.